The minimum atomic E-state index is -4.38. The van der Waals surface area contributed by atoms with Gasteiger partial charge in [0, 0.05) is 67.6 Å². The number of aliphatic hydroxyl groups is 1. The second-order valence-electron chi connectivity index (χ2n) is 19.2. The minimum Gasteiger partial charge on any atom is -0.491 e. The molecule has 0 radical (unpaired) electrons. The lowest BCUT2D eigenvalue weighted by atomic mass is 9.99. The Morgan fingerprint density at radius 3 is 2.28 bits per heavy atom. The van der Waals surface area contributed by atoms with Gasteiger partial charge < -0.3 is 43.8 Å². The number of nitrogens with one attached hydrogen (secondary N) is 3. The molecular formula is C55H59F3N8O11S2. The van der Waals surface area contributed by atoms with E-state index in [0.29, 0.717) is 41.5 Å². The van der Waals surface area contributed by atoms with Gasteiger partial charge in [0.1, 0.15) is 47.7 Å². The van der Waals surface area contributed by atoms with E-state index in [1.165, 1.54) is 11.1 Å². The number of amides is 2. The second-order valence-corrected chi connectivity index (χ2v) is 21.7. The van der Waals surface area contributed by atoms with E-state index in [0.717, 1.165) is 38.1 Å². The molecule has 0 bridgehead atoms. The number of alkyl halides is 1. The number of hydrogen-bond acceptors (Lipinski definition) is 15. The van der Waals surface area contributed by atoms with Crippen LogP contribution in [0.15, 0.2) is 95.2 Å². The van der Waals surface area contributed by atoms with Crippen molar-refractivity contribution in [3.63, 3.8) is 0 Å². The SMILES string of the molecule is Cc1cc([C@H](CCOCCOCCOCCOc2ccc(-c3cnc4[nH]cc(C(=O)c5c(F)ccc(NS(=O)(=O)N6CC[C@@H](F)C6)c5F)c4c3)cc2)C(=O)N2C[C@H](O)C[C@H]2C(=O)N[C@@H](C)c2ccc(-c3scnc3C)cc2)on1. The Labute approximate surface area is 457 Å². The number of pyridine rings is 1. The van der Waals surface area contributed by atoms with Gasteiger partial charge in [-0.2, -0.15) is 12.7 Å². The van der Waals surface area contributed by atoms with E-state index in [9.17, 15) is 32.3 Å². The van der Waals surface area contributed by atoms with Gasteiger partial charge in [-0.1, -0.05) is 41.6 Å². The predicted molar refractivity (Wildman–Crippen MR) is 286 cm³/mol. The molecule has 4 aromatic heterocycles. The number of β-amino-alcohol motifs (C(OH)–C–C–N with tert-alkyl or cyclic N) is 1. The molecule has 2 amide bonds. The predicted octanol–water partition coefficient (Wildman–Crippen LogP) is 7.61. The number of ketones is 1. The van der Waals surface area contributed by atoms with Crippen LogP contribution in [0.25, 0.3) is 32.6 Å². The summed E-state index contributed by atoms with van der Waals surface area (Å²) < 4.78 is 102. The van der Waals surface area contributed by atoms with Crippen LogP contribution in [0.2, 0.25) is 0 Å². The van der Waals surface area contributed by atoms with E-state index in [2.05, 4.69) is 25.4 Å². The van der Waals surface area contributed by atoms with Crippen molar-refractivity contribution >= 4 is 55.9 Å². The van der Waals surface area contributed by atoms with E-state index < -0.39 is 69.7 Å². The first-order valence-corrected chi connectivity index (χ1v) is 28.0. The lowest BCUT2D eigenvalue weighted by Gasteiger charge is -2.28. The number of aryl methyl sites for hydroxylation is 2. The number of aromatic amines is 1. The van der Waals surface area contributed by atoms with Gasteiger partial charge in [0.2, 0.25) is 17.6 Å². The molecule has 79 heavy (non-hydrogen) atoms. The number of hydrogen-bond donors (Lipinski definition) is 4. The summed E-state index contributed by atoms with van der Waals surface area (Å²) >= 11 is 1.56. The molecule has 5 atom stereocenters. The Morgan fingerprint density at radius 1 is 0.899 bits per heavy atom. The summed E-state index contributed by atoms with van der Waals surface area (Å²) in [7, 11) is -4.38. The molecule has 24 heteroatoms. The van der Waals surface area contributed by atoms with Gasteiger partial charge in [-0.25, -0.2) is 23.1 Å². The van der Waals surface area contributed by atoms with Gasteiger partial charge in [-0.3, -0.25) is 19.1 Å². The highest BCUT2D eigenvalue weighted by molar-refractivity contribution is 7.90. The maximum atomic E-state index is 15.7. The van der Waals surface area contributed by atoms with Gasteiger partial charge in [-0.05, 0) is 80.6 Å². The first-order valence-electron chi connectivity index (χ1n) is 25.7. The number of aromatic nitrogens is 4. The molecule has 7 aromatic rings. The number of anilines is 1. The summed E-state index contributed by atoms with van der Waals surface area (Å²) in [5, 5.41) is 18.0. The highest BCUT2D eigenvalue weighted by atomic mass is 32.2. The fourth-order valence-electron chi connectivity index (χ4n) is 9.47. The average Bonchev–Trinajstić information content (AvgIpc) is 4.32. The number of aliphatic hydroxyl groups excluding tert-OH is 1. The van der Waals surface area contributed by atoms with Gasteiger partial charge in [0.15, 0.2) is 5.82 Å². The van der Waals surface area contributed by atoms with Crippen LogP contribution in [-0.4, -0.2) is 145 Å². The molecule has 0 aliphatic carbocycles. The molecular weight excluding hydrogens is 1070 g/mol. The molecule has 0 saturated carbocycles. The van der Waals surface area contributed by atoms with E-state index >= 15 is 8.78 Å². The van der Waals surface area contributed by atoms with Crippen LogP contribution in [0.5, 0.6) is 5.75 Å². The van der Waals surface area contributed by atoms with Crippen molar-refractivity contribution in [3.05, 3.63) is 136 Å². The molecule has 0 unspecified atom stereocenters. The number of H-pyrrole nitrogens is 1. The van der Waals surface area contributed by atoms with Gasteiger partial charge in [0.25, 0.3) is 0 Å². The molecule has 0 spiro atoms. The molecule has 2 fully saturated rings. The fraction of sp³-hybridized carbons (Fsp3) is 0.382. The van der Waals surface area contributed by atoms with Crippen molar-refractivity contribution in [2.75, 3.05) is 70.6 Å². The lowest BCUT2D eigenvalue weighted by molar-refractivity contribution is -0.140. The molecule has 4 N–H and O–H groups in total. The van der Waals surface area contributed by atoms with Gasteiger partial charge >= 0.3 is 10.2 Å². The van der Waals surface area contributed by atoms with E-state index in [1.807, 2.05) is 48.3 Å². The van der Waals surface area contributed by atoms with Crippen molar-refractivity contribution in [1.29, 1.82) is 0 Å². The lowest BCUT2D eigenvalue weighted by Crippen LogP contribution is -2.48. The third kappa shape index (κ3) is 13.5. The van der Waals surface area contributed by atoms with E-state index in [4.69, 9.17) is 23.5 Å². The standard InChI is InChI=1S/C55H59F3N8O11S2/c1-32-24-48(77-63-32)42(55(70)66-30-40(67)26-47(66)54(69)62-33(2)35-4-6-37(7-5-35)52-34(3)61-31-78-52)15-17-73-18-19-74-20-21-75-22-23-76-41-10-8-36(9-11-41)38-25-43-44(28-60-53(43)59-27-38)51(68)49-45(57)12-13-46(50(49)58)64-79(71,72)65-16-14-39(56)29-65/h4-13,24-25,27-28,31,33,39-40,42,47,64,67H,14-23,26,29-30H2,1-3H3,(H,59,60)(H,62,69)/t33-,39+,40+,42-,47-/m0/s1. The summed E-state index contributed by atoms with van der Waals surface area (Å²) in [6.07, 6.45) is 0.912. The molecule has 6 heterocycles. The van der Waals surface area contributed by atoms with Crippen molar-refractivity contribution in [2.45, 2.75) is 70.3 Å². The molecule has 2 saturated heterocycles. The topological polar surface area (TPSA) is 241 Å². The molecule has 3 aromatic carbocycles. The van der Waals surface area contributed by atoms with Crippen molar-refractivity contribution in [3.8, 4) is 27.3 Å². The first-order chi connectivity index (χ1) is 38.0. The maximum Gasteiger partial charge on any atom is 0.301 e. The number of ether oxygens (including phenoxy) is 4. The summed E-state index contributed by atoms with van der Waals surface area (Å²) in [5.41, 5.74) is 5.13. The Morgan fingerprint density at radius 2 is 1.61 bits per heavy atom. The molecule has 9 rings (SSSR count). The molecule has 2 aliphatic heterocycles. The smallest absolute Gasteiger partial charge is 0.301 e. The molecule has 2 aliphatic rings. The number of carbonyl (C=O) groups excluding carboxylic acids is 3. The van der Waals surface area contributed by atoms with Crippen molar-refractivity contribution in [1.82, 2.24) is 34.6 Å². The Balaban J connectivity index is 0.686. The first kappa shape index (κ1) is 56.7. The number of fused-ring (bicyclic) bond motifs is 1. The van der Waals surface area contributed by atoms with Crippen LogP contribution in [0, 0.1) is 25.5 Å². The third-order valence-corrected chi connectivity index (χ3v) is 16.1. The van der Waals surface area contributed by atoms with Crippen LogP contribution in [-0.2, 0) is 34.0 Å². The Bertz CT molecular complexity index is 3380. The van der Waals surface area contributed by atoms with Crippen LogP contribution < -0.4 is 14.8 Å². The Kier molecular flexibility index (Phi) is 18.2. The maximum absolute atomic E-state index is 15.7. The molecule has 418 valence electrons. The van der Waals surface area contributed by atoms with Crippen LogP contribution >= 0.6 is 11.3 Å². The van der Waals surface area contributed by atoms with E-state index in [1.54, 1.807) is 60.9 Å². The van der Waals surface area contributed by atoms with Gasteiger partial charge in [0.05, 0.1) is 78.2 Å². The quantitative estimate of drug-likeness (QED) is 0.0318. The largest absolute Gasteiger partial charge is 0.491 e. The summed E-state index contributed by atoms with van der Waals surface area (Å²) in [6.45, 7) is 6.85. The number of benzene rings is 3. The average molecular weight is 1130 g/mol. The monoisotopic (exact) mass is 1130 g/mol. The summed E-state index contributed by atoms with van der Waals surface area (Å²) in [6, 6.07) is 18.7. The highest BCUT2D eigenvalue weighted by Gasteiger charge is 2.43. The number of nitrogens with zero attached hydrogens (tertiary/aromatic N) is 5. The normalized spacial score (nSPS) is 17.6. The number of thiazole rings is 1. The number of carbonyl (C=O) groups is 3. The van der Waals surface area contributed by atoms with E-state index in [-0.39, 0.29) is 99.8 Å². The fourth-order valence-corrected chi connectivity index (χ4v) is 11.6. The van der Waals surface area contributed by atoms with Crippen molar-refractivity contribution < 1.29 is 64.5 Å². The zero-order chi connectivity index (χ0) is 55.8. The van der Waals surface area contributed by atoms with Crippen LogP contribution in [0.3, 0.4) is 0 Å². The zero-order valence-corrected chi connectivity index (χ0v) is 45.1. The number of rotatable bonds is 25. The highest BCUT2D eigenvalue weighted by Crippen LogP contribution is 2.33. The van der Waals surface area contributed by atoms with Crippen LogP contribution in [0.4, 0.5) is 18.9 Å². The summed E-state index contributed by atoms with van der Waals surface area (Å²) in [5.74, 6) is -4.31. The summed E-state index contributed by atoms with van der Waals surface area (Å²) in [4.78, 5) is 55.6. The second kappa shape index (κ2) is 25.4. The Hall–Kier alpha value is -7.06. The third-order valence-electron chi connectivity index (χ3n) is 13.7. The molecule has 19 nitrogen and oxygen atoms in total. The zero-order valence-electron chi connectivity index (χ0n) is 43.5. The minimum absolute atomic E-state index is 0.00427. The van der Waals surface area contributed by atoms with Crippen LogP contribution in [0.1, 0.15) is 76.8 Å². The van der Waals surface area contributed by atoms with Crippen molar-refractivity contribution in [2.24, 2.45) is 0 Å². The number of likely N-dealkylation sites (tertiary alicyclic amines) is 1. The number of halogens is 3. The van der Waals surface area contributed by atoms with Gasteiger partial charge in [-0.15, -0.1) is 11.3 Å².